The van der Waals surface area contributed by atoms with Gasteiger partial charge in [-0.1, -0.05) is 29.8 Å². The fourth-order valence-corrected chi connectivity index (χ4v) is 2.33. The van der Waals surface area contributed by atoms with Crippen molar-refractivity contribution in [2.24, 2.45) is 0 Å². The van der Waals surface area contributed by atoms with E-state index >= 15 is 0 Å². The third-order valence-electron chi connectivity index (χ3n) is 3.40. The van der Waals surface area contributed by atoms with Crippen LogP contribution in [0.15, 0.2) is 54.9 Å². The Hall–Kier alpha value is -3.19. The Morgan fingerprint density at radius 1 is 1.00 bits per heavy atom. The highest BCUT2D eigenvalue weighted by Crippen LogP contribution is 2.32. The fraction of sp³-hybridized carbons (Fsp3) is 0.0588. The molecule has 2 aromatic carbocycles. The zero-order valence-corrected chi connectivity index (χ0v) is 14.2. The minimum Gasteiger partial charge on any atom is -0.495 e. The van der Waals surface area contributed by atoms with Gasteiger partial charge in [-0.15, -0.1) is 0 Å². The molecule has 1 heterocycles. The van der Waals surface area contributed by atoms with E-state index in [9.17, 15) is 0 Å². The highest BCUT2D eigenvalue weighted by Gasteiger charge is 2.11. The van der Waals surface area contributed by atoms with E-state index in [1.807, 2.05) is 30.3 Å². The number of hydrazine groups is 1. The Balaban J connectivity index is 1.80. The van der Waals surface area contributed by atoms with Gasteiger partial charge in [-0.2, -0.15) is 0 Å². The fourth-order valence-electron chi connectivity index (χ4n) is 2.15. The maximum absolute atomic E-state index is 6.16. The molecule has 3 rings (SSSR count). The molecule has 1 aromatic heterocycles. The smallest absolute Gasteiger partial charge is 0.173 e. The van der Waals surface area contributed by atoms with Crippen LogP contribution in [0.3, 0.4) is 0 Å². The molecule has 0 fully saturated rings. The van der Waals surface area contributed by atoms with Gasteiger partial charge >= 0.3 is 0 Å². The van der Waals surface area contributed by atoms with Crippen molar-refractivity contribution >= 4 is 40.3 Å². The number of methoxy groups -OCH3 is 1. The molecule has 128 valence electrons. The van der Waals surface area contributed by atoms with Gasteiger partial charge in [-0.05, 0) is 30.3 Å². The molecule has 8 heteroatoms. The monoisotopic (exact) mass is 356 g/mol. The highest BCUT2D eigenvalue weighted by molar-refractivity contribution is 6.31. The van der Waals surface area contributed by atoms with Gasteiger partial charge in [0.1, 0.15) is 17.8 Å². The van der Waals surface area contributed by atoms with Crippen LogP contribution in [0, 0.1) is 0 Å². The summed E-state index contributed by atoms with van der Waals surface area (Å²) in [7, 11) is 1.58. The molecule has 0 amide bonds. The minimum absolute atomic E-state index is 0.355. The van der Waals surface area contributed by atoms with E-state index in [0.717, 1.165) is 5.69 Å². The summed E-state index contributed by atoms with van der Waals surface area (Å²) < 4.78 is 5.31. The summed E-state index contributed by atoms with van der Waals surface area (Å²) >= 11 is 6.05. The van der Waals surface area contributed by atoms with E-state index < -0.39 is 0 Å². The first kappa shape index (κ1) is 16.7. The van der Waals surface area contributed by atoms with Crippen LogP contribution < -0.4 is 26.6 Å². The van der Waals surface area contributed by atoms with Gasteiger partial charge in [-0.25, -0.2) is 9.97 Å². The molecule has 0 atom stereocenters. The van der Waals surface area contributed by atoms with Gasteiger partial charge in [0.25, 0.3) is 0 Å². The highest BCUT2D eigenvalue weighted by atomic mass is 35.5. The summed E-state index contributed by atoms with van der Waals surface area (Å²) in [5.74, 6) is 1.51. The second-order valence-electron chi connectivity index (χ2n) is 5.07. The molecule has 0 radical (unpaired) electrons. The van der Waals surface area contributed by atoms with E-state index in [2.05, 4.69) is 26.1 Å². The number of benzene rings is 2. The maximum Gasteiger partial charge on any atom is 0.173 e. The molecule has 0 spiro atoms. The zero-order valence-electron chi connectivity index (χ0n) is 13.5. The predicted octanol–water partition coefficient (Wildman–Crippen LogP) is 3.90. The lowest BCUT2D eigenvalue weighted by Crippen LogP contribution is -2.13. The number of hydrogen-bond acceptors (Lipinski definition) is 7. The molecule has 0 aliphatic rings. The van der Waals surface area contributed by atoms with Crippen molar-refractivity contribution in [3.05, 3.63) is 59.9 Å². The number of ether oxygens (including phenoxy) is 1. The molecular formula is C17H17ClN6O. The van der Waals surface area contributed by atoms with Crippen LogP contribution in [0.4, 0.5) is 28.7 Å². The second-order valence-corrected chi connectivity index (χ2v) is 5.51. The summed E-state index contributed by atoms with van der Waals surface area (Å²) in [5.41, 5.74) is 14.1. The first-order valence-corrected chi connectivity index (χ1v) is 7.83. The quantitative estimate of drug-likeness (QED) is 0.497. The molecule has 0 saturated heterocycles. The average molecular weight is 357 g/mol. The summed E-state index contributed by atoms with van der Waals surface area (Å²) in [6.07, 6.45) is 1.41. The first-order chi connectivity index (χ1) is 12.2. The van der Waals surface area contributed by atoms with Crippen LogP contribution in [0.25, 0.3) is 0 Å². The molecule has 7 nitrogen and oxygen atoms in total. The lowest BCUT2D eigenvalue weighted by Gasteiger charge is -2.15. The Kier molecular flexibility index (Phi) is 5.06. The van der Waals surface area contributed by atoms with Crippen LogP contribution in [0.5, 0.6) is 5.75 Å². The molecule has 5 N–H and O–H groups in total. The lowest BCUT2D eigenvalue weighted by molar-refractivity contribution is 0.417. The number of anilines is 5. The number of halogens is 1. The van der Waals surface area contributed by atoms with E-state index in [4.69, 9.17) is 22.1 Å². The largest absolute Gasteiger partial charge is 0.495 e. The minimum atomic E-state index is 0.355. The van der Waals surface area contributed by atoms with Crippen molar-refractivity contribution in [3.8, 4) is 5.75 Å². The lowest BCUT2D eigenvalue weighted by atomic mass is 10.3. The van der Waals surface area contributed by atoms with Crippen LogP contribution in [0.1, 0.15) is 0 Å². The molecule has 25 heavy (non-hydrogen) atoms. The molecule has 0 saturated carbocycles. The van der Waals surface area contributed by atoms with Gasteiger partial charge in [0.2, 0.25) is 0 Å². The van der Waals surface area contributed by atoms with Gasteiger partial charge < -0.3 is 15.8 Å². The third kappa shape index (κ3) is 4.02. The standard InChI is InChI=1S/C17H17ClN6O/c1-25-14-8-7-11(18)9-13(14)22-16-15(19)17(21-10-20-16)24-23-12-5-3-2-4-6-12/h2-10,23H,19H2,1H3,(H2,20,21,22,24). The van der Waals surface area contributed by atoms with Crippen molar-refractivity contribution < 1.29 is 4.74 Å². The number of aromatic nitrogens is 2. The van der Waals surface area contributed by atoms with Gasteiger partial charge in [0.05, 0.1) is 18.5 Å². The summed E-state index contributed by atoms with van der Waals surface area (Å²) in [5, 5.41) is 3.69. The molecule has 0 aliphatic carbocycles. The number of rotatable bonds is 6. The van der Waals surface area contributed by atoms with E-state index in [-0.39, 0.29) is 0 Å². The molecule has 3 aromatic rings. The van der Waals surface area contributed by atoms with E-state index in [0.29, 0.717) is 33.8 Å². The average Bonchev–Trinajstić information content (AvgIpc) is 2.63. The Bertz CT molecular complexity index is 859. The van der Waals surface area contributed by atoms with E-state index in [1.54, 1.807) is 25.3 Å². The normalized spacial score (nSPS) is 10.2. The SMILES string of the molecule is COc1ccc(Cl)cc1Nc1ncnc(NNc2ccccc2)c1N. The van der Waals surface area contributed by atoms with Gasteiger partial charge in [0.15, 0.2) is 11.6 Å². The van der Waals surface area contributed by atoms with Crippen LogP contribution in [-0.2, 0) is 0 Å². The van der Waals surface area contributed by atoms with Crippen molar-refractivity contribution in [2.75, 3.05) is 29.0 Å². The van der Waals surface area contributed by atoms with Crippen molar-refractivity contribution in [3.63, 3.8) is 0 Å². The number of nitrogen functional groups attached to an aromatic ring is 1. The number of hydrogen-bond donors (Lipinski definition) is 4. The number of nitrogens with two attached hydrogens (primary N) is 1. The van der Waals surface area contributed by atoms with Crippen molar-refractivity contribution in [1.82, 2.24) is 9.97 Å². The Morgan fingerprint density at radius 3 is 2.52 bits per heavy atom. The number of nitrogens with zero attached hydrogens (tertiary/aromatic N) is 2. The topological polar surface area (TPSA) is 97.1 Å². The number of para-hydroxylation sites is 1. The third-order valence-corrected chi connectivity index (χ3v) is 3.63. The summed E-state index contributed by atoms with van der Waals surface area (Å²) in [4.78, 5) is 8.33. The summed E-state index contributed by atoms with van der Waals surface area (Å²) in [6, 6.07) is 14.9. The molecule has 0 unspecified atom stereocenters. The van der Waals surface area contributed by atoms with Crippen molar-refractivity contribution in [1.29, 1.82) is 0 Å². The maximum atomic E-state index is 6.16. The van der Waals surface area contributed by atoms with Crippen LogP contribution in [-0.4, -0.2) is 17.1 Å². The van der Waals surface area contributed by atoms with Crippen molar-refractivity contribution in [2.45, 2.75) is 0 Å². The molecular weight excluding hydrogens is 340 g/mol. The second kappa shape index (κ2) is 7.59. The summed E-state index contributed by atoms with van der Waals surface area (Å²) in [6.45, 7) is 0. The zero-order chi connectivity index (χ0) is 17.6. The van der Waals surface area contributed by atoms with Gasteiger partial charge in [-0.3, -0.25) is 10.9 Å². The molecule has 0 bridgehead atoms. The Labute approximate surface area is 150 Å². The van der Waals surface area contributed by atoms with E-state index in [1.165, 1.54) is 6.33 Å². The first-order valence-electron chi connectivity index (χ1n) is 7.45. The van der Waals surface area contributed by atoms with Crippen LogP contribution in [0.2, 0.25) is 5.02 Å². The number of nitrogens with one attached hydrogen (secondary N) is 3. The predicted molar refractivity (Wildman–Crippen MR) is 101 cm³/mol. The Morgan fingerprint density at radius 2 is 1.76 bits per heavy atom. The van der Waals surface area contributed by atoms with Crippen LogP contribution >= 0.6 is 11.6 Å². The van der Waals surface area contributed by atoms with Gasteiger partial charge in [0, 0.05) is 5.02 Å². The molecule has 0 aliphatic heterocycles.